The van der Waals surface area contributed by atoms with Crippen LogP contribution in [0.4, 0.5) is 5.69 Å². The van der Waals surface area contributed by atoms with Crippen molar-refractivity contribution in [3.63, 3.8) is 0 Å². The minimum absolute atomic E-state index is 0.0256. The van der Waals surface area contributed by atoms with E-state index in [1.165, 1.54) is 0 Å². The Balaban J connectivity index is 1.31. The van der Waals surface area contributed by atoms with E-state index in [-0.39, 0.29) is 5.91 Å². The van der Waals surface area contributed by atoms with Crippen LogP contribution in [0.3, 0.4) is 0 Å². The van der Waals surface area contributed by atoms with Crippen molar-refractivity contribution in [3.8, 4) is 17.2 Å². The molecule has 0 atom stereocenters. The smallest absolute Gasteiger partial charge is 0.272 e. The van der Waals surface area contributed by atoms with Crippen LogP contribution in [0.15, 0.2) is 48.5 Å². The van der Waals surface area contributed by atoms with E-state index in [2.05, 4.69) is 10.00 Å². The molecule has 0 N–H and O–H groups in total. The molecule has 1 saturated heterocycles. The summed E-state index contributed by atoms with van der Waals surface area (Å²) in [4.78, 5) is 17.5. The summed E-state index contributed by atoms with van der Waals surface area (Å²) in [6, 6.07) is 15.2. The molecule has 160 valence electrons. The number of halogens is 1. The van der Waals surface area contributed by atoms with Gasteiger partial charge in [0.1, 0.15) is 18.9 Å². The number of rotatable bonds is 3. The van der Waals surface area contributed by atoms with Gasteiger partial charge in [0.15, 0.2) is 11.5 Å². The van der Waals surface area contributed by atoms with Gasteiger partial charge in [-0.1, -0.05) is 17.7 Å². The topological polar surface area (TPSA) is 59.8 Å². The third kappa shape index (κ3) is 3.93. The maximum absolute atomic E-state index is 13.3. The second kappa shape index (κ2) is 8.15. The summed E-state index contributed by atoms with van der Waals surface area (Å²) in [7, 11) is 0. The third-order valence-corrected chi connectivity index (χ3v) is 5.80. The molecule has 0 bridgehead atoms. The molecule has 3 aromatic rings. The third-order valence-electron chi connectivity index (χ3n) is 5.56. The average molecular weight is 439 g/mol. The number of ether oxygens (including phenoxy) is 2. The largest absolute Gasteiger partial charge is 0.486 e. The molecule has 0 aliphatic carbocycles. The van der Waals surface area contributed by atoms with Gasteiger partial charge >= 0.3 is 0 Å². The van der Waals surface area contributed by atoms with Crippen LogP contribution in [0.5, 0.6) is 11.5 Å². The predicted molar refractivity (Wildman–Crippen MR) is 119 cm³/mol. The number of aryl methyl sites for hydroxylation is 1. The highest BCUT2D eigenvalue weighted by molar-refractivity contribution is 6.30. The number of piperazine rings is 1. The lowest BCUT2D eigenvalue weighted by Gasteiger charge is -2.36. The highest BCUT2D eigenvalue weighted by Gasteiger charge is 2.26. The Kier molecular flexibility index (Phi) is 5.19. The second-order valence-corrected chi connectivity index (χ2v) is 8.11. The number of aromatic nitrogens is 2. The molecule has 1 amide bonds. The first-order valence-electron chi connectivity index (χ1n) is 10.3. The van der Waals surface area contributed by atoms with E-state index in [0.717, 1.165) is 41.7 Å². The monoisotopic (exact) mass is 438 g/mol. The lowest BCUT2D eigenvalue weighted by Crippen LogP contribution is -2.49. The Morgan fingerprint density at radius 2 is 1.71 bits per heavy atom. The van der Waals surface area contributed by atoms with Crippen molar-refractivity contribution in [1.82, 2.24) is 14.7 Å². The summed E-state index contributed by atoms with van der Waals surface area (Å²) in [6.07, 6.45) is 0. The molecule has 2 aliphatic rings. The van der Waals surface area contributed by atoms with E-state index in [0.29, 0.717) is 37.0 Å². The predicted octanol–water partition coefficient (Wildman–Crippen LogP) is 3.57. The van der Waals surface area contributed by atoms with Gasteiger partial charge in [-0.25, -0.2) is 4.68 Å². The van der Waals surface area contributed by atoms with Crippen molar-refractivity contribution in [2.75, 3.05) is 44.3 Å². The molecule has 5 rings (SSSR count). The molecule has 0 unspecified atom stereocenters. The molecule has 8 heteroatoms. The minimum Gasteiger partial charge on any atom is -0.486 e. The van der Waals surface area contributed by atoms with E-state index in [9.17, 15) is 4.79 Å². The molecule has 7 nitrogen and oxygen atoms in total. The van der Waals surface area contributed by atoms with E-state index in [4.69, 9.17) is 21.1 Å². The molecule has 0 spiro atoms. The maximum Gasteiger partial charge on any atom is 0.272 e. The fourth-order valence-electron chi connectivity index (χ4n) is 4.01. The minimum atomic E-state index is -0.0256. The van der Waals surface area contributed by atoms with Crippen LogP contribution in [0.2, 0.25) is 5.02 Å². The number of hydrogen-bond donors (Lipinski definition) is 0. The first-order valence-corrected chi connectivity index (χ1v) is 10.7. The van der Waals surface area contributed by atoms with Crippen molar-refractivity contribution >= 4 is 23.2 Å². The van der Waals surface area contributed by atoms with Gasteiger partial charge < -0.3 is 19.3 Å². The Labute approximate surface area is 185 Å². The molecule has 31 heavy (non-hydrogen) atoms. The number of carbonyl (C=O) groups excluding carboxylic acids is 1. The summed E-state index contributed by atoms with van der Waals surface area (Å²) in [6.45, 7) is 5.79. The summed E-state index contributed by atoms with van der Waals surface area (Å²) >= 11 is 6.14. The molecular weight excluding hydrogens is 416 g/mol. The van der Waals surface area contributed by atoms with Crippen molar-refractivity contribution in [2.45, 2.75) is 6.92 Å². The van der Waals surface area contributed by atoms with Crippen LogP contribution in [0.25, 0.3) is 5.69 Å². The quantitative estimate of drug-likeness (QED) is 0.625. The zero-order valence-electron chi connectivity index (χ0n) is 17.3. The Bertz CT molecular complexity index is 1120. The highest BCUT2D eigenvalue weighted by Crippen LogP contribution is 2.34. The van der Waals surface area contributed by atoms with Gasteiger partial charge in [0.25, 0.3) is 5.91 Å². The average Bonchev–Trinajstić information content (AvgIpc) is 3.20. The van der Waals surface area contributed by atoms with Gasteiger partial charge in [0.2, 0.25) is 0 Å². The van der Waals surface area contributed by atoms with Crippen molar-refractivity contribution in [1.29, 1.82) is 0 Å². The Morgan fingerprint density at radius 1 is 0.935 bits per heavy atom. The van der Waals surface area contributed by atoms with E-state index >= 15 is 0 Å². The van der Waals surface area contributed by atoms with E-state index in [1.54, 1.807) is 10.7 Å². The van der Waals surface area contributed by atoms with Crippen molar-refractivity contribution < 1.29 is 14.3 Å². The molecule has 1 fully saturated rings. The first-order chi connectivity index (χ1) is 15.1. The van der Waals surface area contributed by atoms with Crippen LogP contribution in [-0.2, 0) is 0 Å². The molecule has 1 aromatic heterocycles. The van der Waals surface area contributed by atoms with E-state index in [1.807, 2.05) is 54.3 Å². The highest BCUT2D eigenvalue weighted by atomic mass is 35.5. The number of nitrogens with zero attached hydrogens (tertiary/aromatic N) is 4. The zero-order chi connectivity index (χ0) is 21.4. The zero-order valence-corrected chi connectivity index (χ0v) is 18.0. The molecule has 0 radical (unpaired) electrons. The maximum atomic E-state index is 13.3. The van der Waals surface area contributed by atoms with Crippen molar-refractivity contribution in [3.05, 3.63) is 64.9 Å². The van der Waals surface area contributed by atoms with Crippen LogP contribution < -0.4 is 14.4 Å². The number of fused-ring (bicyclic) bond motifs is 1. The second-order valence-electron chi connectivity index (χ2n) is 7.67. The normalized spacial score (nSPS) is 15.8. The summed E-state index contributed by atoms with van der Waals surface area (Å²) in [5, 5.41) is 5.12. The molecular formula is C23H23ClN4O3. The molecule has 3 heterocycles. The summed E-state index contributed by atoms with van der Waals surface area (Å²) in [5.74, 6) is 1.54. The van der Waals surface area contributed by atoms with Crippen LogP contribution in [0, 0.1) is 6.92 Å². The van der Waals surface area contributed by atoms with Gasteiger partial charge in [0, 0.05) is 43.0 Å². The Hall–Kier alpha value is -3.19. The first kappa shape index (κ1) is 19.8. The lowest BCUT2D eigenvalue weighted by molar-refractivity contribution is 0.0737. The Morgan fingerprint density at radius 3 is 2.48 bits per heavy atom. The summed E-state index contributed by atoms with van der Waals surface area (Å²) < 4.78 is 13.0. The number of hydrogen-bond acceptors (Lipinski definition) is 5. The molecule has 0 saturated carbocycles. The fourth-order valence-corrected chi connectivity index (χ4v) is 4.20. The number of benzene rings is 2. The van der Waals surface area contributed by atoms with Gasteiger partial charge in [-0.2, -0.15) is 5.10 Å². The lowest BCUT2D eigenvalue weighted by atomic mass is 10.2. The van der Waals surface area contributed by atoms with E-state index < -0.39 is 0 Å². The molecule has 2 aliphatic heterocycles. The van der Waals surface area contributed by atoms with Crippen LogP contribution in [-0.4, -0.2) is 60.0 Å². The number of carbonyl (C=O) groups is 1. The SMILES string of the molecule is Cc1cc(C(=O)N2CCN(c3ccc4c(c3)OCCO4)CC2)n(-c2cccc(Cl)c2)n1. The summed E-state index contributed by atoms with van der Waals surface area (Å²) in [5.41, 5.74) is 3.20. The number of anilines is 1. The van der Waals surface area contributed by atoms with Crippen LogP contribution in [0.1, 0.15) is 16.2 Å². The standard InChI is InChI=1S/C23H23ClN4O3/c1-16-13-20(28(25-16)19-4-2-3-17(24)14-19)23(29)27-9-7-26(8-10-27)18-5-6-21-22(15-18)31-12-11-30-21/h2-6,13-15H,7-12H2,1H3. The van der Waals surface area contributed by atoms with Gasteiger partial charge in [-0.3, -0.25) is 4.79 Å². The van der Waals surface area contributed by atoms with Gasteiger partial charge in [-0.15, -0.1) is 0 Å². The fraction of sp³-hybridized carbons (Fsp3) is 0.304. The number of amides is 1. The van der Waals surface area contributed by atoms with Crippen LogP contribution >= 0.6 is 11.6 Å². The molecule has 2 aromatic carbocycles. The van der Waals surface area contributed by atoms with Gasteiger partial charge in [-0.05, 0) is 43.3 Å². The van der Waals surface area contributed by atoms with Crippen molar-refractivity contribution in [2.24, 2.45) is 0 Å². The van der Waals surface area contributed by atoms with Gasteiger partial charge in [0.05, 0.1) is 11.4 Å².